The summed E-state index contributed by atoms with van der Waals surface area (Å²) in [6.45, 7) is 3.07. The van der Waals surface area contributed by atoms with Crippen LogP contribution in [0.1, 0.15) is 53.6 Å². The molecular weight excluding hydrogens is 482 g/mol. The van der Waals surface area contributed by atoms with Crippen molar-refractivity contribution in [3.05, 3.63) is 71.4 Å². The van der Waals surface area contributed by atoms with Crippen molar-refractivity contribution in [2.24, 2.45) is 7.05 Å². The molecule has 38 heavy (non-hydrogen) atoms. The second-order valence-corrected chi connectivity index (χ2v) is 10.6. The van der Waals surface area contributed by atoms with Crippen molar-refractivity contribution >= 4 is 28.7 Å². The molecule has 0 bridgehead atoms. The van der Waals surface area contributed by atoms with Crippen molar-refractivity contribution in [3.63, 3.8) is 0 Å². The fourth-order valence-electron chi connectivity index (χ4n) is 5.83. The Morgan fingerprint density at radius 2 is 2.13 bits per heavy atom. The van der Waals surface area contributed by atoms with Gasteiger partial charge in [0.05, 0.1) is 12.0 Å². The van der Waals surface area contributed by atoms with Gasteiger partial charge in [0, 0.05) is 69.3 Å². The summed E-state index contributed by atoms with van der Waals surface area (Å²) in [7, 11) is 2.08. The van der Waals surface area contributed by atoms with Crippen LogP contribution in [0, 0.1) is 0 Å². The van der Waals surface area contributed by atoms with Crippen LogP contribution >= 0.6 is 0 Å². The molecule has 2 fully saturated rings. The first-order valence-electron chi connectivity index (χ1n) is 13.3. The molecule has 1 amide bonds. The van der Waals surface area contributed by atoms with Crippen LogP contribution in [-0.2, 0) is 28.0 Å². The minimum absolute atomic E-state index is 0.0794. The zero-order valence-electron chi connectivity index (χ0n) is 21.7. The van der Waals surface area contributed by atoms with Gasteiger partial charge in [-0.2, -0.15) is 0 Å². The van der Waals surface area contributed by atoms with Gasteiger partial charge in [-0.15, -0.1) is 0 Å². The average molecular weight is 516 g/mol. The summed E-state index contributed by atoms with van der Waals surface area (Å²) in [4.78, 5) is 33.1. The molecule has 8 nitrogen and oxygen atoms in total. The predicted molar refractivity (Wildman–Crippen MR) is 143 cm³/mol. The first-order valence-corrected chi connectivity index (χ1v) is 13.3. The van der Waals surface area contributed by atoms with Crippen molar-refractivity contribution in [2.75, 3.05) is 19.7 Å². The number of nitrogens with one attached hydrogen (secondary N) is 1. The first-order chi connectivity index (χ1) is 18.5. The van der Waals surface area contributed by atoms with E-state index in [1.807, 2.05) is 12.1 Å². The van der Waals surface area contributed by atoms with Gasteiger partial charge in [-0.25, -0.2) is 10.3 Å². The van der Waals surface area contributed by atoms with Gasteiger partial charge in [-0.1, -0.05) is 24.3 Å². The summed E-state index contributed by atoms with van der Waals surface area (Å²) in [6, 6.07) is 13.9. The van der Waals surface area contributed by atoms with Crippen molar-refractivity contribution in [3.8, 4) is 5.75 Å². The second kappa shape index (κ2) is 10.4. The molecular formula is C30H33N3O5. The average Bonchev–Trinajstić information content (AvgIpc) is 3.46. The highest BCUT2D eigenvalue weighted by Gasteiger charge is 2.45. The maximum absolute atomic E-state index is 13.2. The number of para-hydroxylation sites is 1. The highest BCUT2D eigenvalue weighted by molar-refractivity contribution is 6.01. The second-order valence-electron chi connectivity index (χ2n) is 10.6. The zero-order chi connectivity index (χ0) is 26.1. The van der Waals surface area contributed by atoms with Crippen LogP contribution < -0.4 is 10.2 Å². The number of hydrogen-bond donors (Lipinski definition) is 1. The van der Waals surface area contributed by atoms with Gasteiger partial charge in [-0.05, 0) is 48.2 Å². The van der Waals surface area contributed by atoms with Gasteiger partial charge in [0.15, 0.2) is 12.1 Å². The Morgan fingerprint density at radius 1 is 1.24 bits per heavy atom. The lowest BCUT2D eigenvalue weighted by molar-refractivity contribution is -0.198. The number of rotatable bonds is 6. The molecule has 2 atom stereocenters. The molecule has 3 aliphatic rings. The number of ketones is 1. The minimum atomic E-state index is -0.496. The lowest BCUT2D eigenvalue weighted by atomic mass is 9.88. The van der Waals surface area contributed by atoms with Crippen molar-refractivity contribution < 1.29 is 23.9 Å². The number of nitrogens with zero attached hydrogens (tertiary/aromatic N) is 2. The third kappa shape index (κ3) is 5.12. The van der Waals surface area contributed by atoms with E-state index in [1.165, 1.54) is 22.5 Å². The fourth-order valence-corrected chi connectivity index (χ4v) is 5.83. The largest absolute Gasteiger partial charge is 0.485 e. The Kier molecular flexibility index (Phi) is 6.78. The molecule has 0 aliphatic carbocycles. The van der Waals surface area contributed by atoms with E-state index in [9.17, 15) is 9.59 Å². The molecule has 4 heterocycles. The summed E-state index contributed by atoms with van der Waals surface area (Å²) < 4.78 is 14.1. The van der Waals surface area contributed by atoms with Crippen molar-refractivity contribution in [1.29, 1.82) is 0 Å². The topological polar surface area (TPSA) is 82.0 Å². The number of aryl methyl sites for hydroxylation is 1. The highest BCUT2D eigenvalue weighted by atomic mass is 16.8. The standard InChI is InChI=1S/C30H33N3O5/c1-32-18-22(23-6-2-3-7-25(23)32)19-33-14-13-30(20-33)17-26(34)24-16-21(9-11-27(24)37-30)10-12-28(35)31-38-29-8-4-5-15-36-29/h2-3,6-7,9-12,16,18,29H,4-5,8,13-15,17,19-20H2,1H3,(H,31,35)/b12-10+. The molecule has 8 heteroatoms. The normalized spacial score (nSPS) is 23.7. The molecule has 1 spiro atoms. The van der Waals surface area contributed by atoms with Crippen LogP contribution in [0.2, 0.25) is 0 Å². The van der Waals surface area contributed by atoms with Crippen molar-refractivity contribution in [1.82, 2.24) is 14.9 Å². The van der Waals surface area contributed by atoms with Crippen LogP contribution in [0.3, 0.4) is 0 Å². The van der Waals surface area contributed by atoms with Crippen molar-refractivity contribution in [2.45, 2.75) is 50.5 Å². The number of Topliss-reactive ketones (excluding diaryl/α,β-unsaturated/α-hetero) is 1. The number of carbonyl (C=O) groups is 2. The van der Waals surface area contributed by atoms with E-state index < -0.39 is 11.9 Å². The van der Waals surface area contributed by atoms with Gasteiger partial charge in [-0.3, -0.25) is 14.5 Å². The van der Waals surface area contributed by atoms with Gasteiger partial charge in [0.25, 0.3) is 5.91 Å². The number of carbonyl (C=O) groups excluding carboxylic acids is 2. The lowest BCUT2D eigenvalue weighted by Gasteiger charge is -2.35. The maximum atomic E-state index is 13.2. The van der Waals surface area contributed by atoms with E-state index in [-0.39, 0.29) is 11.7 Å². The lowest BCUT2D eigenvalue weighted by Crippen LogP contribution is -2.44. The number of likely N-dealkylation sites (tertiary alicyclic amines) is 1. The summed E-state index contributed by atoms with van der Waals surface area (Å²) in [5.41, 5.74) is 5.75. The molecule has 2 unspecified atom stereocenters. The number of benzene rings is 2. The van der Waals surface area contributed by atoms with E-state index in [4.69, 9.17) is 14.3 Å². The third-order valence-electron chi connectivity index (χ3n) is 7.74. The number of fused-ring (bicyclic) bond motifs is 2. The highest BCUT2D eigenvalue weighted by Crippen LogP contribution is 2.40. The molecule has 198 valence electrons. The van der Waals surface area contributed by atoms with Crippen LogP contribution in [0.25, 0.3) is 17.0 Å². The summed E-state index contributed by atoms with van der Waals surface area (Å²) in [5, 5.41) is 1.27. The van der Waals surface area contributed by atoms with Crippen LogP contribution in [-0.4, -0.2) is 52.7 Å². The monoisotopic (exact) mass is 515 g/mol. The maximum Gasteiger partial charge on any atom is 0.267 e. The Balaban J connectivity index is 1.09. The summed E-state index contributed by atoms with van der Waals surface area (Å²) in [5.74, 6) is 0.319. The number of ether oxygens (including phenoxy) is 2. The Labute approximate surface area is 222 Å². The predicted octanol–water partition coefficient (Wildman–Crippen LogP) is 4.38. The zero-order valence-corrected chi connectivity index (χ0v) is 21.7. The third-order valence-corrected chi connectivity index (χ3v) is 7.74. The Morgan fingerprint density at radius 3 is 3.00 bits per heavy atom. The molecule has 1 N–H and O–H groups in total. The van der Waals surface area contributed by atoms with Crippen LogP contribution in [0.4, 0.5) is 0 Å². The number of hydrogen-bond acceptors (Lipinski definition) is 6. The first kappa shape index (κ1) is 24.9. The molecule has 2 aromatic carbocycles. The fraction of sp³-hybridized carbons (Fsp3) is 0.400. The van der Waals surface area contributed by atoms with Crippen LogP contribution in [0.15, 0.2) is 54.7 Å². The van der Waals surface area contributed by atoms with E-state index >= 15 is 0 Å². The van der Waals surface area contributed by atoms with E-state index in [1.54, 1.807) is 12.1 Å². The number of amides is 1. The van der Waals surface area contributed by atoms with E-state index in [2.05, 4.69) is 52.5 Å². The summed E-state index contributed by atoms with van der Waals surface area (Å²) >= 11 is 0. The molecule has 0 saturated carbocycles. The summed E-state index contributed by atoms with van der Waals surface area (Å²) in [6.07, 6.45) is 8.82. The molecule has 1 aromatic heterocycles. The SMILES string of the molecule is Cn1cc(CN2CCC3(CC(=O)c4cc(/C=C/C(=O)NOC5CCCCO5)ccc4O3)C2)c2ccccc21. The molecule has 2 saturated heterocycles. The number of aromatic nitrogens is 1. The minimum Gasteiger partial charge on any atom is -0.485 e. The molecule has 3 aliphatic heterocycles. The van der Waals surface area contributed by atoms with E-state index in [0.29, 0.717) is 30.9 Å². The van der Waals surface area contributed by atoms with E-state index in [0.717, 1.165) is 44.3 Å². The quantitative estimate of drug-likeness (QED) is 0.388. The smallest absolute Gasteiger partial charge is 0.267 e. The number of hydroxylamine groups is 1. The Bertz CT molecular complexity index is 1390. The van der Waals surface area contributed by atoms with Crippen LogP contribution in [0.5, 0.6) is 5.75 Å². The molecule has 3 aromatic rings. The Hall–Kier alpha value is -3.46. The van der Waals surface area contributed by atoms with Gasteiger partial charge in [0.1, 0.15) is 11.4 Å². The molecule has 0 radical (unpaired) electrons. The van der Waals surface area contributed by atoms with Gasteiger partial charge >= 0.3 is 0 Å². The molecule has 6 rings (SSSR count). The van der Waals surface area contributed by atoms with Gasteiger partial charge < -0.3 is 14.0 Å². The van der Waals surface area contributed by atoms with Gasteiger partial charge in [0.2, 0.25) is 0 Å².